The van der Waals surface area contributed by atoms with Gasteiger partial charge in [0.15, 0.2) is 0 Å². The van der Waals surface area contributed by atoms with Gasteiger partial charge in [0.2, 0.25) is 5.91 Å². The fourth-order valence-corrected chi connectivity index (χ4v) is 2.36. The minimum atomic E-state index is -0.528. The van der Waals surface area contributed by atoms with Crippen molar-refractivity contribution >= 4 is 5.91 Å². The van der Waals surface area contributed by atoms with E-state index >= 15 is 0 Å². The Morgan fingerprint density at radius 3 is 2.62 bits per heavy atom. The van der Waals surface area contributed by atoms with Crippen LogP contribution in [0.15, 0.2) is 30.3 Å². The van der Waals surface area contributed by atoms with Crippen molar-refractivity contribution in [1.82, 2.24) is 5.32 Å². The van der Waals surface area contributed by atoms with E-state index < -0.39 is 5.54 Å². The number of rotatable bonds is 3. The van der Waals surface area contributed by atoms with Crippen LogP contribution in [0, 0.1) is 0 Å². The van der Waals surface area contributed by atoms with Crippen LogP contribution >= 0.6 is 0 Å². The van der Waals surface area contributed by atoms with E-state index in [-0.39, 0.29) is 5.91 Å². The van der Waals surface area contributed by atoms with Gasteiger partial charge >= 0.3 is 0 Å². The average molecular weight is 218 g/mol. The molecule has 0 aliphatic carbocycles. The summed E-state index contributed by atoms with van der Waals surface area (Å²) in [5.41, 5.74) is 6.18. The number of amides is 1. The first-order valence-electron chi connectivity index (χ1n) is 5.82. The first kappa shape index (κ1) is 11.1. The second-order valence-corrected chi connectivity index (χ2v) is 4.49. The molecule has 1 unspecified atom stereocenters. The highest BCUT2D eigenvalue weighted by molar-refractivity contribution is 5.85. The maximum atomic E-state index is 11.6. The van der Waals surface area contributed by atoms with Gasteiger partial charge in [-0.3, -0.25) is 4.79 Å². The van der Waals surface area contributed by atoms with Crippen molar-refractivity contribution in [2.75, 3.05) is 6.54 Å². The lowest BCUT2D eigenvalue weighted by Gasteiger charge is -2.35. The van der Waals surface area contributed by atoms with Crippen LogP contribution in [0.4, 0.5) is 0 Å². The number of hydrogen-bond acceptors (Lipinski definition) is 2. The standard InChI is InChI=1S/C13H18N2O/c14-12(16)13(8-4-5-9-15-13)10-11-6-2-1-3-7-11/h1-3,6-7,15H,4-5,8-10H2,(H2,14,16). The van der Waals surface area contributed by atoms with Gasteiger partial charge in [0.1, 0.15) is 5.54 Å². The molecule has 3 nitrogen and oxygen atoms in total. The Morgan fingerprint density at radius 1 is 1.31 bits per heavy atom. The number of nitrogens with one attached hydrogen (secondary N) is 1. The predicted octanol–water partition coefficient (Wildman–Crippen LogP) is 1.23. The number of benzene rings is 1. The lowest BCUT2D eigenvalue weighted by atomic mass is 9.82. The van der Waals surface area contributed by atoms with Crippen molar-refractivity contribution in [3.8, 4) is 0 Å². The highest BCUT2D eigenvalue weighted by Gasteiger charge is 2.37. The quantitative estimate of drug-likeness (QED) is 0.801. The van der Waals surface area contributed by atoms with Crippen LogP contribution in [-0.4, -0.2) is 18.0 Å². The first-order chi connectivity index (χ1) is 7.73. The maximum Gasteiger partial charge on any atom is 0.238 e. The highest BCUT2D eigenvalue weighted by atomic mass is 16.1. The van der Waals surface area contributed by atoms with Gasteiger partial charge in [0.25, 0.3) is 0 Å². The van der Waals surface area contributed by atoms with E-state index in [9.17, 15) is 4.79 Å². The van der Waals surface area contributed by atoms with Crippen molar-refractivity contribution < 1.29 is 4.79 Å². The van der Waals surface area contributed by atoms with E-state index in [1.165, 1.54) is 0 Å². The van der Waals surface area contributed by atoms with E-state index in [4.69, 9.17) is 5.73 Å². The fraction of sp³-hybridized carbons (Fsp3) is 0.462. The van der Waals surface area contributed by atoms with Gasteiger partial charge in [-0.15, -0.1) is 0 Å². The predicted molar refractivity (Wildman–Crippen MR) is 63.9 cm³/mol. The molecule has 3 N–H and O–H groups in total. The smallest absolute Gasteiger partial charge is 0.238 e. The second kappa shape index (κ2) is 4.66. The summed E-state index contributed by atoms with van der Waals surface area (Å²) in [5.74, 6) is -0.226. The zero-order valence-electron chi connectivity index (χ0n) is 9.41. The number of hydrogen-bond donors (Lipinski definition) is 2. The van der Waals surface area contributed by atoms with Crippen LogP contribution < -0.4 is 11.1 Å². The van der Waals surface area contributed by atoms with Crippen molar-refractivity contribution in [1.29, 1.82) is 0 Å². The minimum absolute atomic E-state index is 0.226. The van der Waals surface area contributed by atoms with Crippen molar-refractivity contribution in [2.45, 2.75) is 31.2 Å². The van der Waals surface area contributed by atoms with Crippen LogP contribution in [0.1, 0.15) is 24.8 Å². The molecule has 2 rings (SSSR count). The Labute approximate surface area is 96.0 Å². The molecule has 1 saturated heterocycles. The maximum absolute atomic E-state index is 11.6. The van der Waals surface area contributed by atoms with E-state index in [2.05, 4.69) is 5.32 Å². The summed E-state index contributed by atoms with van der Waals surface area (Å²) >= 11 is 0. The molecule has 1 aliphatic rings. The molecular formula is C13H18N2O. The molecule has 1 aliphatic heterocycles. The molecule has 1 amide bonds. The minimum Gasteiger partial charge on any atom is -0.368 e. The molecule has 0 saturated carbocycles. The van der Waals surface area contributed by atoms with Gasteiger partial charge in [-0.05, 0) is 37.8 Å². The Hall–Kier alpha value is -1.35. The molecule has 16 heavy (non-hydrogen) atoms. The van der Waals surface area contributed by atoms with E-state index in [0.29, 0.717) is 6.42 Å². The third kappa shape index (κ3) is 2.25. The number of carbonyl (C=O) groups excluding carboxylic acids is 1. The molecule has 1 atom stereocenters. The lowest BCUT2D eigenvalue weighted by Crippen LogP contribution is -2.59. The highest BCUT2D eigenvalue weighted by Crippen LogP contribution is 2.23. The molecule has 1 aromatic rings. The molecule has 0 bridgehead atoms. The number of piperidine rings is 1. The molecule has 0 aromatic heterocycles. The second-order valence-electron chi connectivity index (χ2n) is 4.49. The SMILES string of the molecule is NC(=O)C1(Cc2ccccc2)CCCCN1. The summed E-state index contributed by atoms with van der Waals surface area (Å²) in [7, 11) is 0. The van der Waals surface area contributed by atoms with Gasteiger partial charge < -0.3 is 11.1 Å². The Kier molecular flexibility index (Phi) is 3.25. The number of nitrogens with two attached hydrogens (primary N) is 1. The molecule has 0 radical (unpaired) electrons. The van der Waals surface area contributed by atoms with Gasteiger partial charge in [-0.25, -0.2) is 0 Å². The summed E-state index contributed by atoms with van der Waals surface area (Å²) in [6.07, 6.45) is 3.74. The Bertz CT molecular complexity index is 355. The monoisotopic (exact) mass is 218 g/mol. The van der Waals surface area contributed by atoms with Crippen LogP contribution in [0.5, 0.6) is 0 Å². The molecule has 1 aromatic carbocycles. The van der Waals surface area contributed by atoms with Gasteiger partial charge in [-0.1, -0.05) is 30.3 Å². The molecule has 1 fully saturated rings. The summed E-state index contributed by atoms with van der Waals surface area (Å²) in [5, 5.41) is 3.31. The van der Waals surface area contributed by atoms with E-state index in [1.54, 1.807) is 0 Å². The van der Waals surface area contributed by atoms with Gasteiger partial charge in [-0.2, -0.15) is 0 Å². The van der Waals surface area contributed by atoms with E-state index in [1.807, 2.05) is 30.3 Å². The Balaban J connectivity index is 2.17. The third-order valence-corrected chi connectivity index (χ3v) is 3.31. The average Bonchev–Trinajstić information content (AvgIpc) is 2.31. The number of carbonyl (C=O) groups is 1. The van der Waals surface area contributed by atoms with Crippen molar-refractivity contribution in [3.63, 3.8) is 0 Å². The summed E-state index contributed by atoms with van der Waals surface area (Å²) in [6, 6.07) is 10.1. The zero-order chi connectivity index (χ0) is 11.4. The normalized spacial score (nSPS) is 25.2. The summed E-state index contributed by atoms with van der Waals surface area (Å²) < 4.78 is 0. The van der Waals surface area contributed by atoms with Crippen LogP contribution in [0.3, 0.4) is 0 Å². The first-order valence-corrected chi connectivity index (χ1v) is 5.82. The van der Waals surface area contributed by atoms with Gasteiger partial charge in [0, 0.05) is 0 Å². The largest absolute Gasteiger partial charge is 0.368 e. The number of primary amides is 1. The van der Waals surface area contributed by atoms with Crippen molar-refractivity contribution in [2.24, 2.45) is 5.73 Å². The van der Waals surface area contributed by atoms with Crippen LogP contribution in [0.2, 0.25) is 0 Å². The van der Waals surface area contributed by atoms with Crippen molar-refractivity contribution in [3.05, 3.63) is 35.9 Å². The fourth-order valence-electron chi connectivity index (χ4n) is 2.36. The molecule has 86 valence electrons. The zero-order valence-corrected chi connectivity index (χ0v) is 9.41. The molecule has 3 heteroatoms. The summed E-state index contributed by atoms with van der Waals surface area (Å²) in [6.45, 7) is 0.885. The summed E-state index contributed by atoms with van der Waals surface area (Å²) in [4.78, 5) is 11.6. The molecule has 1 heterocycles. The van der Waals surface area contributed by atoms with Crippen LogP contribution in [0.25, 0.3) is 0 Å². The topological polar surface area (TPSA) is 55.1 Å². The van der Waals surface area contributed by atoms with Gasteiger partial charge in [0.05, 0.1) is 0 Å². The lowest BCUT2D eigenvalue weighted by molar-refractivity contribution is -0.125. The van der Waals surface area contributed by atoms with E-state index in [0.717, 1.165) is 31.4 Å². The Morgan fingerprint density at radius 2 is 2.06 bits per heavy atom. The third-order valence-electron chi connectivity index (χ3n) is 3.31. The molecular weight excluding hydrogens is 200 g/mol. The van der Waals surface area contributed by atoms with Crippen LogP contribution in [-0.2, 0) is 11.2 Å². The molecule has 0 spiro atoms.